The fraction of sp³-hybridized carbons (Fsp3) is 0.739. The van der Waals surface area contributed by atoms with Crippen LogP contribution < -0.4 is 17.0 Å². The fourth-order valence-electron chi connectivity index (χ4n) is 5.40. The number of rotatable bonds is 7. The van der Waals surface area contributed by atoms with Crippen LogP contribution in [0.25, 0.3) is 0 Å². The lowest BCUT2D eigenvalue weighted by Crippen LogP contribution is -2.40. The molecule has 1 saturated carbocycles. The van der Waals surface area contributed by atoms with E-state index < -0.39 is 66.5 Å². The SMILES string of the molecule is NC[C@H]1O[C@@H](O[C@@H](c2cn(C3CCCCCC3)nn2)[C@H]2O[C@@H](n3ccc(=O)[nH]c3=O)[C@H](O)[C@@H]2O)[C@H](O)[C@@H]1O. The summed E-state index contributed by atoms with van der Waals surface area (Å²) < 4.78 is 20.2. The highest BCUT2D eigenvalue weighted by molar-refractivity contribution is 5.08. The molecule has 210 valence electrons. The number of aromatic nitrogens is 5. The molecule has 0 aromatic carbocycles. The van der Waals surface area contributed by atoms with Gasteiger partial charge in [-0.3, -0.25) is 14.3 Å². The number of nitrogens with zero attached hydrogens (tertiary/aromatic N) is 4. The van der Waals surface area contributed by atoms with Crippen molar-refractivity contribution in [2.45, 2.75) is 99.8 Å². The molecule has 2 saturated heterocycles. The number of hydrogen-bond acceptors (Lipinski definition) is 12. The average molecular weight is 539 g/mol. The van der Waals surface area contributed by atoms with Gasteiger partial charge in [-0.25, -0.2) is 9.48 Å². The number of nitrogens with one attached hydrogen (secondary N) is 1. The lowest BCUT2D eigenvalue weighted by molar-refractivity contribution is -0.224. The molecule has 3 fully saturated rings. The van der Waals surface area contributed by atoms with Crippen LogP contribution in [0.2, 0.25) is 0 Å². The van der Waals surface area contributed by atoms with Gasteiger partial charge in [-0.15, -0.1) is 5.10 Å². The molecular weight excluding hydrogens is 504 g/mol. The number of aromatic amines is 1. The molecule has 4 heterocycles. The first-order valence-corrected chi connectivity index (χ1v) is 12.9. The monoisotopic (exact) mass is 538 g/mol. The van der Waals surface area contributed by atoms with Crippen molar-refractivity contribution in [2.75, 3.05) is 6.54 Å². The van der Waals surface area contributed by atoms with Crippen molar-refractivity contribution in [3.63, 3.8) is 0 Å². The number of aliphatic hydroxyl groups excluding tert-OH is 4. The molecule has 5 rings (SSSR count). The molecule has 0 amide bonds. The molecule has 0 unspecified atom stereocenters. The van der Waals surface area contributed by atoms with E-state index in [4.69, 9.17) is 19.9 Å². The maximum atomic E-state index is 12.3. The van der Waals surface area contributed by atoms with E-state index in [9.17, 15) is 30.0 Å². The van der Waals surface area contributed by atoms with Gasteiger partial charge in [0.05, 0.1) is 12.2 Å². The number of ether oxygens (including phenoxy) is 3. The number of hydrogen-bond donors (Lipinski definition) is 6. The molecule has 15 nitrogen and oxygen atoms in total. The van der Waals surface area contributed by atoms with Gasteiger partial charge in [-0.2, -0.15) is 0 Å². The Labute approximate surface area is 216 Å². The highest BCUT2D eigenvalue weighted by atomic mass is 16.7. The second-order valence-electron chi connectivity index (χ2n) is 10.1. The van der Waals surface area contributed by atoms with E-state index in [-0.39, 0.29) is 18.3 Å². The number of aliphatic hydroxyl groups is 4. The van der Waals surface area contributed by atoms with Crippen molar-refractivity contribution in [1.29, 1.82) is 0 Å². The summed E-state index contributed by atoms with van der Waals surface area (Å²) in [7, 11) is 0. The smallest absolute Gasteiger partial charge is 0.330 e. The van der Waals surface area contributed by atoms with Crippen LogP contribution >= 0.6 is 0 Å². The molecule has 7 N–H and O–H groups in total. The molecule has 1 aliphatic carbocycles. The van der Waals surface area contributed by atoms with Crippen LogP contribution in [-0.4, -0.2) is 94.4 Å². The van der Waals surface area contributed by atoms with Gasteiger partial charge in [-0.1, -0.05) is 30.9 Å². The predicted octanol–water partition coefficient (Wildman–Crippen LogP) is -2.19. The largest absolute Gasteiger partial charge is 0.387 e. The highest BCUT2D eigenvalue weighted by Crippen LogP contribution is 2.39. The van der Waals surface area contributed by atoms with E-state index >= 15 is 0 Å². The molecule has 38 heavy (non-hydrogen) atoms. The van der Waals surface area contributed by atoms with Crippen molar-refractivity contribution in [3.8, 4) is 0 Å². The first-order valence-electron chi connectivity index (χ1n) is 12.9. The molecule has 2 aliphatic heterocycles. The minimum Gasteiger partial charge on any atom is -0.387 e. The Morgan fingerprint density at radius 1 is 1.05 bits per heavy atom. The van der Waals surface area contributed by atoms with Crippen LogP contribution in [0, 0.1) is 0 Å². The maximum Gasteiger partial charge on any atom is 0.330 e. The Morgan fingerprint density at radius 2 is 1.79 bits per heavy atom. The van der Waals surface area contributed by atoms with Gasteiger partial charge in [0.15, 0.2) is 12.5 Å². The minimum absolute atomic E-state index is 0.0704. The molecule has 0 spiro atoms. The molecule has 3 aliphatic rings. The van der Waals surface area contributed by atoms with Crippen LogP contribution in [-0.2, 0) is 14.2 Å². The average Bonchev–Trinajstić information content (AvgIpc) is 3.48. The number of H-pyrrole nitrogens is 1. The Morgan fingerprint density at radius 3 is 2.45 bits per heavy atom. The summed E-state index contributed by atoms with van der Waals surface area (Å²) in [6, 6.07) is 1.21. The van der Waals surface area contributed by atoms with E-state index in [1.54, 1.807) is 10.9 Å². The van der Waals surface area contributed by atoms with Crippen molar-refractivity contribution < 1.29 is 34.6 Å². The number of nitrogens with two attached hydrogens (primary N) is 1. The van der Waals surface area contributed by atoms with Gasteiger partial charge in [0, 0.05) is 18.8 Å². The zero-order valence-electron chi connectivity index (χ0n) is 20.7. The minimum atomic E-state index is -1.58. The summed E-state index contributed by atoms with van der Waals surface area (Å²) in [4.78, 5) is 25.9. The van der Waals surface area contributed by atoms with Crippen LogP contribution in [0.4, 0.5) is 0 Å². The van der Waals surface area contributed by atoms with Gasteiger partial charge in [0.1, 0.15) is 48.4 Å². The first-order chi connectivity index (χ1) is 18.3. The van der Waals surface area contributed by atoms with E-state index in [2.05, 4.69) is 15.3 Å². The third-order valence-corrected chi connectivity index (χ3v) is 7.55. The summed E-state index contributed by atoms with van der Waals surface area (Å²) in [6.07, 6.45) is -2.93. The first kappa shape index (κ1) is 27.1. The molecule has 2 aromatic rings. The maximum absolute atomic E-state index is 12.3. The summed E-state index contributed by atoms with van der Waals surface area (Å²) in [6.45, 7) is -0.0704. The van der Waals surface area contributed by atoms with Crippen LogP contribution in [0.5, 0.6) is 0 Å². The quantitative estimate of drug-likeness (QED) is 0.207. The van der Waals surface area contributed by atoms with Crippen LogP contribution in [0.1, 0.15) is 62.6 Å². The van der Waals surface area contributed by atoms with Crippen molar-refractivity contribution in [1.82, 2.24) is 24.5 Å². The van der Waals surface area contributed by atoms with E-state index in [0.29, 0.717) is 0 Å². The summed E-state index contributed by atoms with van der Waals surface area (Å²) in [5.74, 6) is 0. The third kappa shape index (κ3) is 5.20. The van der Waals surface area contributed by atoms with Gasteiger partial charge < -0.3 is 40.4 Å². The summed E-state index contributed by atoms with van der Waals surface area (Å²) in [5.41, 5.74) is 4.39. The zero-order chi connectivity index (χ0) is 27.0. The molecular formula is C23H34N6O9. The molecule has 9 atom stereocenters. The van der Waals surface area contributed by atoms with E-state index in [1.165, 1.54) is 0 Å². The van der Waals surface area contributed by atoms with Gasteiger partial charge >= 0.3 is 5.69 Å². The predicted molar refractivity (Wildman–Crippen MR) is 128 cm³/mol. The fourth-order valence-corrected chi connectivity index (χ4v) is 5.40. The zero-order valence-corrected chi connectivity index (χ0v) is 20.7. The normalized spacial score (nSPS) is 35.4. The molecule has 2 aromatic heterocycles. The Hall–Kier alpha value is -2.50. The summed E-state index contributed by atoms with van der Waals surface area (Å²) in [5, 5.41) is 51.1. The Kier molecular flexibility index (Phi) is 8.06. The van der Waals surface area contributed by atoms with Gasteiger partial charge in [0.25, 0.3) is 5.56 Å². The lowest BCUT2D eigenvalue weighted by Gasteiger charge is -2.28. The molecule has 0 bridgehead atoms. The standard InChI is InChI=1S/C23H34N6O9/c24-9-13-15(31)18(34)22(36-13)38-19(12-10-29(27-26-12)11-5-3-1-2-4-6-11)20-16(32)17(33)21(37-20)28-8-7-14(30)25-23(28)35/h7-8,10-11,13,15-22,31-34H,1-6,9,24H2,(H,25,30,35)/t13-,15-,16+,17-,18-,19+,20+,21-,22+/m1/s1. The third-order valence-electron chi connectivity index (χ3n) is 7.55. The van der Waals surface area contributed by atoms with Crippen molar-refractivity contribution >= 4 is 0 Å². The lowest BCUT2D eigenvalue weighted by atomic mass is 10.0. The highest BCUT2D eigenvalue weighted by Gasteiger charge is 2.52. The van der Waals surface area contributed by atoms with Gasteiger partial charge in [0.2, 0.25) is 0 Å². The van der Waals surface area contributed by atoms with Gasteiger partial charge in [-0.05, 0) is 12.8 Å². The molecule has 15 heteroatoms. The van der Waals surface area contributed by atoms with Crippen LogP contribution in [0.3, 0.4) is 0 Å². The van der Waals surface area contributed by atoms with E-state index in [0.717, 1.165) is 55.4 Å². The van der Waals surface area contributed by atoms with Crippen LogP contribution in [0.15, 0.2) is 28.0 Å². The van der Waals surface area contributed by atoms with Crippen molar-refractivity contribution in [3.05, 3.63) is 45.0 Å². The Balaban J connectivity index is 1.45. The molecule has 0 radical (unpaired) electrons. The Bertz CT molecular complexity index is 1190. The topological polar surface area (TPSA) is 220 Å². The van der Waals surface area contributed by atoms with E-state index in [1.807, 2.05) is 0 Å². The van der Waals surface area contributed by atoms with Crippen molar-refractivity contribution in [2.24, 2.45) is 5.73 Å². The summed E-state index contributed by atoms with van der Waals surface area (Å²) >= 11 is 0. The second kappa shape index (κ2) is 11.3. The second-order valence-corrected chi connectivity index (χ2v) is 10.1.